The van der Waals surface area contributed by atoms with Crippen molar-refractivity contribution in [1.29, 1.82) is 0 Å². The van der Waals surface area contributed by atoms with Crippen LogP contribution in [0.2, 0.25) is 0 Å². The summed E-state index contributed by atoms with van der Waals surface area (Å²) in [4.78, 5) is 24.6. The summed E-state index contributed by atoms with van der Waals surface area (Å²) < 4.78 is 10.1. The highest BCUT2D eigenvalue weighted by atomic mass is 16.5. The summed E-state index contributed by atoms with van der Waals surface area (Å²) in [5.74, 6) is 0.376. The quantitative estimate of drug-likeness (QED) is 0.547. The van der Waals surface area contributed by atoms with Crippen LogP contribution in [0.3, 0.4) is 0 Å². The zero-order chi connectivity index (χ0) is 16.4. The summed E-state index contributed by atoms with van der Waals surface area (Å²) >= 11 is 0. The van der Waals surface area contributed by atoms with E-state index in [1.807, 2.05) is 31.2 Å². The first-order valence-corrected chi connectivity index (χ1v) is 7.30. The Morgan fingerprint density at radius 1 is 1.27 bits per heavy atom. The third-order valence-electron chi connectivity index (χ3n) is 3.10. The molecule has 0 spiro atoms. The molecule has 0 N–H and O–H groups in total. The molecular weight excluding hydrogens is 282 g/mol. The number of rotatable bonds is 8. The van der Waals surface area contributed by atoms with Gasteiger partial charge in [-0.15, -0.1) is 0 Å². The lowest BCUT2D eigenvalue weighted by atomic mass is 10.2. The molecule has 22 heavy (non-hydrogen) atoms. The Morgan fingerprint density at radius 3 is 2.68 bits per heavy atom. The van der Waals surface area contributed by atoms with Crippen molar-refractivity contribution >= 4 is 18.0 Å². The number of carbonyl (C=O) groups is 2. The van der Waals surface area contributed by atoms with Gasteiger partial charge in [-0.25, -0.2) is 0 Å². The second kappa shape index (κ2) is 9.60. The van der Waals surface area contributed by atoms with Crippen LogP contribution in [0.5, 0.6) is 5.75 Å². The molecule has 0 atom stereocenters. The Hall–Kier alpha value is -2.30. The van der Waals surface area contributed by atoms with Crippen LogP contribution in [0.15, 0.2) is 30.3 Å². The van der Waals surface area contributed by atoms with Crippen LogP contribution < -0.4 is 4.74 Å². The van der Waals surface area contributed by atoms with Gasteiger partial charge < -0.3 is 14.4 Å². The number of nitrogens with zero attached hydrogens (tertiary/aromatic N) is 1. The fourth-order valence-electron chi connectivity index (χ4n) is 1.87. The van der Waals surface area contributed by atoms with E-state index in [1.54, 1.807) is 18.0 Å². The molecule has 0 aromatic heterocycles. The first kappa shape index (κ1) is 17.8. The van der Waals surface area contributed by atoms with E-state index >= 15 is 0 Å². The van der Waals surface area contributed by atoms with E-state index in [0.29, 0.717) is 26.0 Å². The number of amides is 1. The molecule has 0 fully saturated rings. The highest BCUT2D eigenvalue weighted by Crippen LogP contribution is 2.19. The molecule has 1 aromatic carbocycles. The van der Waals surface area contributed by atoms with Crippen LogP contribution in [0, 0.1) is 0 Å². The van der Waals surface area contributed by atoms with Crippen LogP contribution in [-0.2, 0) is 14.3 Å². The van der Waals surface area contributed by atoms with Gasteiger partial charge in [0, 0.05) is 31.7 Å². The second-order valence-corrected chi connectivity index (χ2v) is 4.74. The summed E-state index contributed by atoms with van der Waals surface area (Å²) in [7, 11) is 3.06. The Balaban J connectivity index is 2.54. The van der Waals surface area contributed by atoms with Gasteiger partial charge in [0.25, 0.3) is 0 Å². The summed E-state index contributed by atoms with van der Waals surface area (Å²) in [6.45, 7) is 3.00. The molecule has 1 amide bonds. The number of hydrogen-bond acceptors (Lipinski definition) is 4. The summed E-state index contributed by atoms with van der Waals surface area (Å²) in [5.41, 5.74) is 0.862. The van der Waals surface area contributed by atoms with E-state index in [9.17, 15) is 9.59 Å². The Morgan fingerprint density at radius 2 is 2.00 bits per heavy atom. The van der Waals surface area contributed by atoms with Gasteiger partial charge in [-0.05, 0) is 25.5 Å². The maximum Gasteiger partial charge on any atom is 0.305 e. The SMILES string of the molecule is CCOc1ccccc1/C=C/C(=O)N(C)CCCC(=O)OC. The molecule has 0 bridgehead atoms. The van der Waals surface area contributed by atoms with Gasteiger partial charge in [-0.1, -0.05) is 18.2 Å². The summed E-state index contributed by atoms with van der Waals surface area (Å²) in [6.07, 6.45) is 4.14. The van der Waals surface area contributed by atoms with Crippen molar-refractivity contribution in [3.8, 4) is 5.75 Å². The van der Waals surface area contributed by atoms with E-state index in [0.717, 1.165) is 11.3 Å². The topological polar surface area (TPSA) is 55.8 Å². The minimum Gasteiger partial charge on any atom is -0.493 e. The molecule has 0 aliphatic carbocycles. The molecule has 0 radical (unpaired) electrons. The van der Waals surface area contributed by atoms with Gasteiger partial charge in [0.2, 0.25) is 5.91 Å². The lowest BCUT2D eigenvalue weighted by Gasteiger charge is -2.14. The largest absolute Gasteiger partial charge is 0.493 e. The van der Waals surface area contributed by atoms with Gasteiger partial charge in [0.05, 0.1) is 13.7 Å². The molecule has 0 heterocycles. The van der Waals surface area contributed by atoms with Gasteiger partial charge in [0.15, 0.2) is 0 Å². The normalized spacial score (nSPS) is 10.5. The zero-order valence-corrected chi connectivity index (χ0v) is 13.4. The van der Waals surface area contributed by atoms with E-state index in [1.165, 1.54) is 13.2 Å². The van der Waals surface area contributed by atoms with Crippen molar-refractivity contribution in [2.75, 3.05) is 27.3 Å². The van der Waals surface area contributed by atoms with Crippen molar-refractivity contribution in [3.63, 3.8) is 0 Å². The Bertz CT molecular complexity index is 525. The number of para-hydroxylation sites is 1. The monoisotopic (exact) mass is 305 g/mol. The van der Waals surface area contributed by atoms with Crippen LogP contribution >= 0.6 is 0 Å². The molecule has 0 saturated heterocycles. The molecule has 1 aromatic rings. The highest BCUT2D eigenvalue weighted by Gasteiger charge is 2.07. The minimum atomic E-state index is -0.262. The minimum absolute atomic E-state index is 0.115. The fourth-order valence-corrected chi connectivity index (χ4v) is 1.87. The van der Waals surface area contributed by atoms with Gasteiger partial charge >= 0.3 is 5.97 Å². The van der Waals surface area contributed by atoms with Crippen molar-refractivity contribution in [2.24, 2.45) is 0 Å². The number of methoxy groups -OCH3 is 1. The predicted molar refractivity (Wildman–Crippen MR) is 85.5 cm³/mol. The average Bonchev–Trinajstić information content (AvgIpc) is 2.53. The molecule has 0 aliphatic heterocycles. The Labute approximate surface area is 131 Å². The number of carbonyl (C=O) groups excluding carboxylic acids is 2. The third kappa shape index (κ3) is 5.99. The second-order valence-electron chi connectivity index (χ2n) is 4.74. The number of hydrogen-bond donors (Lipinski definition) is 0. The van der Waals surface area contributed by atoms with Crippen molar-refractivity contribution in [1.82, 2.24) is 4.90 Å². The standard InChI is InChI=1S/C17H23NO4/c1-4-22-15-9-6-5-8-14(15)11-12-16(19)18(2)13-7-10-17(20)21-3/h5-6,8-9,11-12H,4,7,10,13H2,1-3H3/b12-11+. The zero-order valence-electron chi connectivity index (χ0n) is 13.4. The van der Waals surface area contributed by atoms with Crippen molar-refractivity contribution < 1.29 is 19.1 Å². The maximum atomic E-state index is 12.0. The van der Waals surface area contributed by atoms with E-state index in [4.69, 9.17) is 4.74 Å². The molecule has 0 aliphatic rings. The maximum absolute atomic E-state index is 12.0. The number of benzene rings is 1. The van der Waals surface area contributed by atoms with Crippen LogP contribution in [0.25, 0.3) is 6.08 Å². The molecule has 120 valence electrons. The van der Waals surface area contributed by atoms with Gasteiger partial charge in [-0.2, -0.15) is 0 Å². The van der Waals surface area contributed by atoms with Crippen molar-refractivity contribution in [2.45, 2.75) is 19.8 Å². The predicted octanol–water partition coefficient (Wildman–Crippen LogP) is 2.51. The van der Waals surface area contributed by atoms with Gasteiger partial charge in [-0.3, -0.25) is 9.59 Å². The molecule has 0 unspecified atom stereocenters. The molecule has 0 saturated carbocycles. The van der Waals surface area contributed by atoms with E-state index in [-0.39, 0.29) is 11.9 Å². The summed E-state index contributed by atoms with van der Waals surface area (Å²) in [5, 5.41) is 0. The Kier molecular flexibility index (Phi) is 7.75. The highest BCUT2D eigenvalue weighted by molar-refractivity contribution is 5.92. The van der Waals surface area contributed by atoms with Crippen LogP contribution in [0.4, 0.5) is 0 Å². The smallest absolute Gasteiger partial charge is 0.305 e. The lowest BCUT2D eigenvalue weighted by Crippen LogP contribution is -2.26. The first-order valence-electron chi connectivity index (χ1n) is 7.30. The van der Waals surface area contributed by atoms with Crippen LogP contribution in [0.1, 0.15) is 25.3 Å². The van der Waals surface area contributed by atoms with Crippen molar-refractivity contribution in [3.05, 3.63) is 35.9 Å². The van der Waals surface area contributed by atoms with Gasteiger partial charge in [0.1, 0.15) is 5.75 Å². The number of likely N-dealkylation sites (N-methyl/N-ethyl adjacent to an activating group) is 1. The van der Waals surface area contributed by atoms with E-state index in [2.05, 4.69) is 4.74 Å². The fraction of sp³-hybridized carbons (Fsp3) is 0.412. The lowest BCUT2D eigenvalue weighted by molar-refractivity contribution is -0.141. The number of esters is 1. The average molecular weight is 305 g/mol. The molecular formula is C17H23NO4. The third-order valence-corrected chi connectivity index (χ3v) is 3.10. The first-order chi connectivity index (χ1) is 10.6. The molecule has 1 rings (SSSR count). The number of ether oxygens (including phenoxy) is 2. The van der Waals surface area contributed by atoms with E-state index < -0.39 is 0 Å². The molecule has 5 nitrogen and oxygen atoms in total. The molecule has 5 heteroatoms. The van der Waals surface area contributed by atoms with Crippen LogP contribution in [-0.4, -0.2) is 44.1 Å². The summed E-state index contributed by atoms with van der Waals surface area (Å²) in [6, 6.07) is 7.55.